The Labute approximate surface area is 378 Å². The largest absolute Gasteiger partial charge is 0.756 e. The number of hydrogen-bond acceptors (Lipinski definition) is 13. The first-order chi connectivity index (χ1) is 29.9. The monoisotopic (exact) mass is 914 g/mol. The number of carbonyl (C=O) groups excluding carboxylic acids is 2. The smallest absolute Gasteiger partial charge is 0.306 e. The number of ether oxygens (including phenoxy) is 3. The van der Waals surface area contributed by atoms with Crippen LogP contribution in [0.4, 0.5) is 0 Å². The standard InChI is InChI=1S/C48H84NO13P/c1-8-10-18-24-39(50)30-31-45-41(42(51)34-48(54)62-45)25-20-16-17-22-28-46(52)57-35-40(36-59-63(55,56)58-33-32-49(5,6)7)60-47(53)29-23-15-13-12-14-21-27-44-38(4)37(3)43(61-44)26-19-11-9-2/h16,20,30-31,39-42,45,48,50-51,54H,8-15,17-19,21-29,32-36H2,1-7H3/b20-16-,31-30+/t39-,40+,41-,42-,45+,48?/m0/s1. The zero-order valence-corrected chi connectivity index (χ0v) is 40.7. The van der Waals surface area contributed by atoms with Crippen molar-refractivity contribution in [2.24, 2.45) is 5.92 Å². The van der Waals surface area contributed by atoms with Crippen molar-refractivity contribution in [3.63, 3.8) is 0 Å². The van der Waals surface area contributed by atoms with E-state index in [9.17, 15) is 34.4 Å². The van der Waals surface area contributed by atoms with Crippen LogP contribution >= 0.6 is 7.82 Å². The van der Waals surface area contributed by atoms with Crippen LogP contribution in [0.3, 0.4) is 0 Å². The van der Waals surface area contributed by atoms with E-state index in [0.29, 0.717) is 43.1 Å². The maximum Gasteiger partial charge on any atom is 0.306 e. The maximum absolute atomic E-state index is 12.8. The highest BCUT2D eigenvalue weighted by Crippen LogP contribution is 2.38. The highest BCUT2D eigenvalue weighted by Gasteiger charge is 2.35. The van der Waals surface area contributed by atoms with E-state index < -0.39 is 57.1 Å². The second-order valence-electron chi connectivity index (χ2n) is 18.2. The third-order valence-corrected chi connectivity index (χ3v) is 12.4. The van der Waals surface area contributed by atoms with Gasteiger partial charge in [0.05, 0.1) is 46.1 Å². The fourth-order valence-corrected chi connectivity index (χ4v) is 8.07. The van der Waals surface area contributed by atoms with E-state index in [1.807, 2.05) is 33.3 Å². The molecule has 15 heteroatoms. The van der Waals surface area contributed by atoms with Crippen molar-refractivity contribution < 1.29 is 66.5 Å². The van der Waals surface area contributed by atoms with Crippen molar-refractivity contribution in [2.75, 3.05) is 47.5 Å². The second-order valence-corrected chi connectivity index (χ2v) is 19.6. The Kier molecular flexibility index (Phi) is 28.4. The number of unbranched alkanes of at least 4 members (excludes halogenated alkanes) is 10. The molecule has 1 aliphatic rings. The van der Waals surface area contributed by atoms with Crippen LogP contribution in [0.15, 0.2) is 28.7 Å². The number of nitrogens with zero attached hydrogens (tertiary/aromatic N) is 1. The Morgan fingerprint density at radius 2 is 1.46 bits per heavy atom. The number of hydrogen-bond donors (Lipinski definition) is 3. The third-order valence-electron chi connectivity index (χ3n) is 11.5. The molecule has 14 nitrogen and oxygen atoms in total. The van der Waals surface area contributed by atoms with Crippen molar-refractivity contribution in [3.8, 4) is 0 Å². The van der Waals surface area contributed by atoms with Crippen LogP contribution in [0.5, 0.6) is 0 Å². The van der Waals surface area contributed by atoms with E-state index in [1.54, 1.807) is 12.2 Å². The van der Waals surface area contributed by atoms with E-state index >= 15 is 0 Å². The summed E-state index contributed by atoms with van der Waals surface area (Å²) in [5.41, 5.74) is 2.56. The van der Waals surface area contributed by atoms with Crippen LogP contribution in [-0.4, -0.2) is 110 Å². The molecule has 0 radical (unpaired) electrons. The van der Waals surface area contributed by atoms with Crippen LogP contribution in [-0.2, 0) is 50.3 Å². The van der Waals surface area contributed by atoms with Gasteiger partial charge in [-0.25, -0.2) is 0 Å². The molecular formula is C48H84NO13P. The lowest BCUT2D eigenvalue weighted by molar-refractivity contribution is -0.870. The van der Waals surface area contributed by atoms with Crippen LogP contribution in [0.25, 0.3) is 0 Å². The first-order valence-electron chi connectivity index (χ1n) is 23.8. The summed E-state index contributed by atoms with van der Waals surface area (Å²) in [5.74, 6) is 0.852. The highest BCUT2D eigenvalue weighted by molar-refractivity contribution is 7.45. The van der Waals surface area contributed by atoms with Crippen LogP contribution < -0.4 is 4.89 Å². The predicted molar refractivity (Wildman–Crippen MR) is 243 cm³/mol. The number of esters is 2. The third kappa shape index (κ3) is 25.8. The molecule has 0 bridgehead atoms. The number of aliphatic hydroxyl groups is 3. The molecular weight excluding hydrogens is 829 g/mol. The van der Waals surface area contributed by atoms with E-state index in [-0.39, 0.29) is 38.4 Å². The van der Waals surface area contributed by atoms with Gasteiger partial charge in [0.2, 0.25) is 0 Å². The van der Waals surface area contributed by atoms with Crippen molar-refractivity contribution in [2.45, 2.75) is 193 Å². The molecule has 1 aromatic heterocycles. The molecule has 0 spiro atoms. The van der Waals surface area contributed by atoms with Gasteiger partial charge < -0.3 is 52.4 Å². The van der Waals surface area contributed by atoms with Gasteiger partial charge >= 0.3 is 11.9 Å². The van der Waals surface area contributed by atoms with Gasteiger partial charge in [-0.1, -0.05) is 95.9 Å². The summed E-state index contributed by atoms with van der Waals surface area (Å²) >= 11 is 0. The maximum atomic E-state index is 12.8. The number of aliphatic hydroxyl groups excluding tert-OH is 3. The first kappa shape index (κ1) is 56.7. The molecule has 0 aromatic carbocycles. The highest BCUT2D eigenvalue weighted by atomic mass is 31.2. The molecule has 3 N–H and O–H groups in total. The topological polar surface area (TPSA) is 194 Å². The summed E-state index contributed by atoms with van der Waals surface area (Å²) in [4.78, 5) is 38.0. The Bertz CT molecular complexity index is 1520. The van der Waals surface area contributed by atoms with Gasteiger partial charge in [0.15, 0.2) is 12.4 Å². The van der Waals surface area contributed by atoms with E-state index in [0.717, 1.165) is 82.1 Å². The quantitative estimate of drug-likeness (QED) is 0.0194. The lowest BCUT2D eigenvalue weighted by atomic mass is 9.87. The van der Waals surface area contributed by atoms with Crippen LogP contribution in [0.1, 0.15) is 158 Å². The number of allylic oxidation sites excluding steroid dienone is 2. The summed E-state index contributed by atoms with van der Waals surface area (Å²) in [7, 11) is 0.986. The number of carbonyl (C=O) groups is 2. The molecule has 1 aliphatic heterocycles. The molecule has 2 heterocycles. The normalized spacial score (nSPS) is 20.3. The number of aryl methyl sites for hydroxylation is 2. The minimum Gasteiger partial charge on any atom is -0.756 e. The lowest BCUT2D eigenvalue weighted by Gasteiger charge is -2.36. The van der Waals surface area contributed by atoms with Gasteiger partial charge in [-0.2, -0.15) is 0 Å². The molecule has 0 saturated carbocycles. The second kappa shape index (κ2) is 31.5. The Balaban J connectivity index is 1.80. The molecule has 63 heavy (non-hydrogen) atoms. The fourth-order valence-electron chi connectivity index (χ4n) is 7.34. The molecule has 2 rings (SSSR count). The molecule has 7 atom stereocenters. The molecule has 1 aromatic rings. The minimum atomic E-state index is -4.71. The molecule has 2 unspecified atom stereocenters. The first-order valence-corrected chi connectivity index (χ1v) is 25.3. The van der Waals surface area contributed by atoms with Crippen molar-refractivity contribution in [1.82, 2.24) is 0 Å². The average Bonchev–Trinajstić information content (AvgIpc) is 3.48. The Morgan fingerprint density at radius 1 is 0.841 bits per heavy atom. The zero-order valence-electron chi connectivity index (χ0n) is 39.8. The number of phosphoric acid groups is 1. The predicted octanol–water partition coefficient (Wildman–Crippen LogP) is 8.26. The summed E-state index contributed by atoms with van der Waals surface area (Å²) in [6.07, 6.45) is 19.5. The number of phosphoric ester groups is 1. The van der Waals surface area contributed by atoms with E-state index in [4.69, 9.17) is 27.7 Å². The van der Waals surface area contributed by atoms with E-state index in [2.05, 4.69) is 27.7 Å². The molecule has 1 saturated heterocycles. The van der Waals surface area contributed by atoms with Crippen molar-refractivity contribution in [3.05, 3.63) is 47.0 Å². The van der Waals surface area contributed by atoms with Gasteiger partial charge in [-0.15, -0.1) is 0 Å². The number of rotatable bonds is 35. The minimum absolute atomic E-state index is 0.0730. The van der Waals surface area contributed by atoms with Gasteiger partial charge in [-0.3, -0.25) is 14.2 Å². The molecule has 364 valence electrons. The van der Waals surface area contributed by atoms with Crippen LogP contribution in [0.2, 0.25) is 0 Å². The van der Waals surface area contributed by atoms with Gasteiger partial charge in [-0.05, 0) is 69.9 Å². The Hall–Kier alpha value is -2.39. The number of quaternary nitrogens is 1. The average molecular weight is 914 g/mol. The summed E-state index contributed by atoms with van der Waals surface area (Å²) in [6.45, 7) is 8.02. The molecule has 0 aliphatic carbocycles. The lowest BCUT2D eigenvalue weighted by Crippen LogP contribution is -2.43. The molecule has 1 fully saturated rings. The SMILES string of the molecule is CCCCCc1oc(CCCCCCCCC(=O)O[C@H](COC(=O)CCC/C=C\C[C@H]2[C@@H](O)CC(O)O[C@@H]2/C=C/[C@@H](O)CCCCC)COP(=O)([O-])OCC[N+](C)(C)C)c(C)c1C. The summed E-state index contributed by atoms with van der Waals surface area (Å²) in [5, 5.41) is 31.0. The van der Waals surface area contributed by atoms with Crippen molar-refractivity contribution >= 4 is 19.8 Å². The van der Waals surface area contributed by atoms with Gasteiger partial charge in [0, 0.05) is 38.0 Å². The van der Waals surface area contributed by atoms with Gasteiger partial charge in [0.25, 0.3) is 7.82 Å². The number of likely N-dealkylation sites (N-methyl/N-ethyl adjacent to an activating group) is 1. The zero-order chi connectivity index (χ0) is 46.7. The Morgan fingerprint density at radius 3 is 2.13 bits per heavy atom. The molecule has 0 amide bonds. The summed E-state index contributed by atoms with van der Waals surface area (Å²) < 4.78 is 45.9. The van der Waals surface area contributed by atoms with Crippen LogP contribution in [0, 0.1) is 19.8 Å². The summed E-state index contributed by atoms with van der Waals surface area (Å²) in [6, 6.07) is 0. The van der Waals surface area contributed by atoms with Crippen molar-refractivity contribution in [1.29, 1.82) is 0 Å². The van der Waals surface area contributed by atoms with E-state index in [1.165, 1.54) is 24.0 Å². The fraction of sp³-hybridized carbons (Fsp3) is 0.792. The number of furan rings is 1. The van der Waals surface area contributed by atoms with Gasteiger partial charge in [0.1, 0.15) is 31.3 Å².